The molecule has 2 atom stereocenters. The maximum Gasteiger partial charge on any atom is 0.222 e. The number of likely N-dealkylation sites (tertiary alicyclic amines) is 1. The zero-order valence-electron chi connectivity index (χ0n) is 11.1. The first kappa shape index (κ1) is 12.8. The number of amides is 1. The summed E-state index contributed by atoms with van der Waals surface area (Å²) in [4.78, 5) is 16.4. The van der Waals surface area contributed by atoms with Crippen LogP contribution >= 0.6 is 0 Å². The van der Waals surface area contributed by atoms with Crippen molar-refractivity contribution >= 4 is 5.91 Å². The third-order valence-electron chi connectivity index (χ3n) is 4.21. The average Bonchev–Trinajstić information content (AvgIpc) is 2.91. The van der Waals surface area contributed by atoms with E-state index in [0.717, 1.165) is 32.5 Å². The van der Waals surface area contributed by atoms with Crippen LogP contribution in [0.3, 0.4) is 0 Å². The molecule has 2 saturated heterocycles. The molecule has 98 valence electrons. The number of nitrogens with zero attached hydrogens (tertiary/aromatic N) is 2. The minimum Gasteiger partial charge on any atom is -0.344 e. The summed E-state index contributed by atoms with van der Waals surface area (Å²) in [5.74, 6) is 0.880. The topological polar surface area (TPSA) is 35.6 Å². The number of carbonyl (C=O) groups excluding carboxylic acids is 1. The molecular formula is C13H25N3O. The van der Waals surface area contributed by atoms with Crippen LogP contribution in [0, 0.1) is 5.92 Å². The van der Waals surface area contributed by atoms with E-state index in [-0.39, 0.29) is 0 Å². The molecule has 0 radical (unpaired) electrons. The minimum atomic E-state index is 0.319. The molecule has 0 aliphatic carbocycles. The maximum absolute atomic E-state index is 12.1. The number of hydrogen-bond donors (Lipinski definition) is 1. The number of rotatable bonds is 4. The largest absolute Gasteiger partial charge is 0.344 e. The molecule has 0 aromatic heterocycles. The highest BCUT2D eigenvalue weighted by molar-refractivity contribution is 5.76. The van der Waals surface area contributed by atoms with Gasteiger partial charge in [0.15, 0.2) is 0 Å². The minimum absolute atomic E-state index is 0.319. The Morgan fingerprint density at radius 2 is 2.29 bits per heavy atom. The molecule has 2 aliphatic rings. The quantitative estimate of drug-likeness (QED) is 0.778. The molecule has 1 amide bonds. The van der Waals surface area contributed by atoms with Gasteiger partial charge >= 0.3 is 0 Å². The summed E-state index contributed by atoms with van der Waals surface area (Å²) in [6.07, 6.45) is 4.39. The second-order valence-corrected chi connectivity index (χ2v) is 5.61. The third kappa shape index (κ3) is 3.42. The van der Waals surface area contributed by atoms with Crippen LogP contribution in [0.2, 0.25) is 0 Å². The Morgan fingerprint density at radius 3 is 2.88 bits per heavy atom. The first-order valence-corrected chi connectivity index (χ1v) is 6.81. The normalized spacial score (nSPS) is 29.8. The van der Waals surface area contributed by atoms with E-state index >= 15 is 0 Å². The molecule has 1 N–H and O–H groups in total. The first-order chi connectivity index (χ1) is 8.16. The molecule has 2 rings (SSSR count). The molecule has 4 nitrogen and oxygen atoms in total. The molecule has 4 heteroatoms. The number of carbonyl (C=O) groups is 1. The summed E-state index contributed by atoms with van der Waals surface area (Å²) in [6, 6.07) is 0.575. The van der Waals surface area contributed by atoms with Gasteiger partial charge in [0.05, 0.1) is 0 Å². The number of hydrogen-bond acceptors (Lipinski definition) is 3. The SMILES string of the molecule is CN(CC1CCCN1C)C(=O)CC1CCNC1. The first-order valence-electron chi connectivity index (χ1n) is 6.81. The predicted octanol–water partition coefficient (Wildman–Crippen LogP) is 0.539. The van der Waals surface area contributed by atoms with Crippen LogP contribution in [0.25, 0.3) is 0 Å². The standard InChI is InChI=1S/C13H25N3O/c1-15-7-3-4-12(15)10-16(2)13(17)8-11-5-6-14-9-11/h11-12,14H,3-10H2,1-2H3. The lowest BCUT2D eigenvalue weighted by molar-refractivity contribution is -0.131. The summed E-state index contributed by atoms with van der Waals surface area (Å²) in [5, 5.41) is 3.32. The Bertz CT molecular complexity index is 263. The van der Waals surface area contributed by atoms with E-state index < -0.39 is 0 Å². The highest BCUT2D eigenvalue weighted by Gasteiger charge is 2.25. The van der Waals surface area contributed by atoms with E-state index in [9.17, 15) is 4.79 Å². The van der Waals surface area contributed by atoms with E-state index in [2.05, 4.69) is 17.3 Å². The lowest BCUT2D eigenvalue weighted by atomic mass is 10.0. The molecule has 17 heavy (non-hydrogen) atoms. The zero-order chi connectivity index (χ0) is 12.3. The summed E-state index contributed by atoms with van der Waals surface area (Å²) in [7, 11) is 4.12. The second kappa shape index (κ2) is 5.83. The summed E-state index contributed by atoms with van der Waals surface area (Å²) >= 11 is 0. The van der Waals surface area contributed by atoms with Crippen LogP contribution in [0.15, 0.2) is 0 Å². The van der Waals surface area contributed by atoms with Crippen LogP contribution in [-0.4, -0.2) is 62.0 Å². The molecular weight excluding hydrogens is 214 g/mol. The number of likely N-dealkylation sites (N-methyl/N-ethyl adjacent to an activating group) is 2. The second-order valence-electron chi connectivity index (χ2n) is 5.61. The zero-order valence-corrected chi connectivity index (χ0v) is 11.1. The van der Waals surface area contributed by atoms with Crippen molar-refractivity contribution in [1.29, 1.82) is 0 Å². The molecule has 0 aromatic rings. The van der Waals surface area contributed by atoms with Crippen molar-refractivity contribution in [1.82, 2.24) is 15.1 Å². The third-order valence-corrected chi connectivity index (χ3v) is 4.21. The van der Waals surface area contributed by atoms with Crippen LogP contribution in [0.1, 0.15) is 25.7 Å². The van der Waals surface area contributed by atoms with Gasteiger partial charge in [0.2, 0.25) is 5.91 Å². The average molecular weight is 239 g/mol. The van der Waals surface area contributed by atoms with Gasteiger partial charge in [-0.25, -0.2) is 0 Å². The Balaban J connectivity index is 1.74. The summed E-state index contributed by atoms with van der Waals surface area (Å²) in [5.41, 5.74) is 0. The van der Waals surface area contributed by atoms with E-state index in [1.807, 2.05) is 11.9 Å². The van der Waals surface area contributed by atoms with Gasteiger partial charge in [0, 0.05) is 26.1 Å². The van der Waals surface area contributed by atoms with Crippen molar-refractivity contribution in [2.45, 2.75) is 31.7 Å². The van der Waals surface area contributed by atoms with Crippen molar-refractivity contribution in [3.63, 3.8) is 0 Å². The van der Waals surface area contributed by atoms with Crippen molar-refractivity contribution in [3.05, 3.63) is 0 Å². The van der Waals surface area contributed by atoms with Crippen molar-refractivity contribution < 1.29 is 4.79 Å². The molecule has 2 aliphatic heterocycles. The highest BCUT2D eigenvalue weighted by atomic mass is 16.2. The Hall–Kier alpha value is -0.610. The van der Waals surface area contributed by atoms with E-state index in [0.29, 0.717) is 17.9 Å². The molecule has 0 spiro atoms. The molecule has 2 unspecified atom stereocenters. The highest BCUT2D eigenvalue weighted by Crippen LogP contribution is 2.17. The van der Waals surface area contributed by atoms with Gasteiger partial charge < -0.3 is 15.1 Å². The van der Waals surface area contributed by atoms with Gasteiger partial charge in [-0.2, -0.15) is 0 Å². The van der Waals surface area contributed by atoms with Crippen LogP contribution in [-0.2, 0) is 4.79 Å². The van der Waals surface area contributed by atoms with Gasteiger partial charge in [-0.1, -0.05) is 0 Å². The lowest BCUT2D eigenvalue weighted by Crippen LogP contribution is -2.40. The molecule has 0 bridgehead atoms. The van der Waals surface area contributed by atoms with E-state index in [1.54, 1.807) is 0 Å². The molecule has 2 fully saturated rings. The molecule has 0 saturated carbocycles. The van der Waals surface area contributed by atoms with Crippen molar-refractivity contribution in [3.8, 4) is 0 Å². The van der Waals surface area contributed by atoms with Crippen molar-refractivity contribution in [2.24, 2.45) is 5.92 Å². The number of nitrogens with one attached hydrogen (secondary N) is 1. The van der Waals surface area contributed by atoms with Gasteiger partial charge in [-0.15, -0.1) is 0 Å². The molecule has 2 heterocycles. The van der Waals surface area contributed by atoms with Crippen LogP contribution in [0.5, 0.6) is 0 Å². The summed E-state index contributed by atoms with van der Waals surface area (Å²) in [6.45, 7) is 4.17. The fourth-order valence-corrected chi connectivity index (χ4v) is 2.92. The smallest absolute Gasteiger partial charge is 0.222 e. The molecule has 0 aromatic carbocycles. The lowest BCUT2D eigenvalue weighted by Gasteiger charge is -2.26. The Morgan fingerprint density at radius 1 is 1.47 bits per heavy atom. The summed E-state index contributed by atoms with van der Waals surface area (Å²) < 4.78 is 0. The monoisotopic (exact) mass is 239 g/mol. The Labute approximate surface area is 104 Å². The van der Waals surface area contributed by atoms with E-state index in [4.69, 9.17) is 0 Å². The van der Waals surface area contributed by atoms with Gasteiger partial charge in [-0.3, -0.25) is 4.79 Å². The van der Waals surface area contributed by atoms with Gasteiger partial charge in [0.25, 0.3) is 0 Å². The maximum atomic E-state index is 12.1. The van der Waals surface area contributed by atoms with Crippen LogP contribution in [0.4, 0.5) is 0 Å². The van der Waals surface area contributed by atoms with Crippen LogP contribution < -0.4 is 5.32 Å². The van der Waals surface area contributed by atoms with Gasteiger partial charge in [-0.05, 0) is 51.9 Å². The predicted molar refractivity (Wildman–Crippen MR) is 68.9 cm³/mol. The van der Waals surface area contributed by atoms with Crippen molar-refractivity contribution in [2.75, 3.05) is 40.3 Å². The Kier molecular flexibility index (Phi) is 4.40. The fraction of sp³-hybridized carbons (Fsp3) is 0.923. The van der Waals surface area contributed by atoms with E-state index in [1.165, 1.54) is 19.4 Å². The van der Waals surface area contributed by atoms with Gasteiger partial charge in [0.1, 0.15) is 0 Å². The fourth-order valence-electron chi connectivity index (χ4n) is 2.92.